The Labute approximate surface area is 369 Å². The summed E-state index contributed by atoms with van der Waals surface area (Å²) < 4.78 is 6.97. The van der Waals surface area contributed by atoms with Gasteiger partial charge in [0, 0.05) is 0 Å². The Balaban J connectivity index is 4.91. The number of hydrogen-bond acceptors (Lipinski definition) is 0. The third-order valence-corrected chi connectivity index (χ3v) is 23.1. The van der Waals surface area contributed by atoms with Crippen molar-refractivity contribution in [1.29, 1.82) is 0 Å². The van der Waals surface area contributed by atoms with E-state index in [0.717, 1.165) is 0 Å². The van der Waals surface area contributed by atoms with Gasteiger partial charge in [-0.3, -0.25) is 0 Å². The summed E-state index contributed by atoms with van der Waals surface area (Å²) in [5.74, 6) is 0. The van der Waals surface area contributed by atoms with Crippen molar-refractivity contribution in [2.45, 2.75) is 355 Å². The minimum absolute atomic E-state index is 1.38. The van der Waals surface area contributed by atoms with Crippen LogP contribution < -0.4 is 0 Å². The smallest absolute Gasteiger partial charge is 0.0654 e. The molecule has 0 saturated heterocycles. The molecule has 0 radical (unpaired) electrons. The normalized spacial score (nSPS) is 12.0. The molecule has 0 spiro atoms. The van der Waals surface area contributed by atoms with Gasteiger partial charge in [-0.1, -0.05) is 53.4 Å². The van der Waals surface area contributed by atoms with Crippen molar-refractivity contribution in [2.24, 2.45) is 0 Å². The molecule has 1 heteroatoms. The van der Waals surface area contributed by atoms with Gasteiger partial charge in [0.15, 0.2) is 0 Å². The summed E-state index contributed by atoms with van der Waals surface area (Å²) in [7, 11) is 0. The van der Waals surface area contributed by atoms with Gasteiger partial charge in [-0.05, 0) is 0 Å². The minimum atomic E-state index is -1.83. The Kier molecular flexibility index (Phi) is 51.7. The van der Waals surface area contributed by atoms with Gasteiger partial charge in [0.05, 0.1) is 0 Å². The SMILES string of the molecule is CCCCCCCCCCCCC[CH2][Ti]([CH2]CCCCCCCCCCCCC)([CH2]CCCCCCCCCCCCC)[CH2]CCCCCCCCCCCCC. The van der Waals surface area contributed by atoms with Crippen LogP contribution in [-0.2, 0) is 16.6 Å². The van der Waals surface area contributed by atoms with E-state index in [1.807, 2.05) is 0 Å². The maximum atomic E-state index is 2.34. The standard InChI is InChI=1S/4C14H29.Ti/c4*1-3-5-7-9-11-13-14-12-10-8-6-4-2;/h4*1,3-14H2,2H3;. The van der Waals surface area contributed by atoms with Gasteiger partial charge >= 0.3 is 318 Å². The molecule has 344 valence electrons. The zero-order valence-electron chi connectivity index (χ0n) is 41.3. The summed E-state index contributed by atoms with van der Waals surface area (Å²) in [6.07, 6.45) is 72.0. The Hall–Kier alpha value is 0.714. The molecular formula is C56H116Ti. The zero-order chi connectivity index (χ0) is 41.3. The van der Waals surface area contributed by atoms with Crippen LogP contribution in [0.2, 0.25) is 18.9 Å². The molecule has 0 rings (SSSR count). The van der Waals surface area contributed by atoms with Gasteiger partial charge in [0.1, 0.15) is 0 Å². The van der Waals surface area contributed by atoms with Crippen molar-refractivity contribution in [3.63, 3.8) is 0 Å². The molecule has 0 aliphatic rings. The third-order valence-electron chi connectivity index (χ3n) is 14.2. The van der Waals surface area contributed by atoms with Crippen molar-refractivity contribution >= 4 is 0 Å². The fourth-order valence-corrected chi connectivity index (χ4v) is 18.7. The van der Waals surface area contributed by atoms with Crippen LogP contribution in [0.3, 0.4) is 0 Å². The molecule has 0 fully saturated rings. The fourth-order valence-electron chi connectivity index (χ4n) is 10.1. The van der Waals surface area contributed by atoms with Crippen molar-refractivity contribution in [1.82, 2.24) is 0 Å². The topological polar surface area (TPSA) is 0 Å². The second kappa shape index (κ2) is 51.1. The average Bonchev–Trinajstić information content (AvgIpc) is 3.22. The Morgan fingerprint density at radius 3 is 0.368 bits per heavy atom. The summed E-state index contributed by atoms with van der Waals surface area (Å²) in [6, 6.07) is 0. The van der Waals surface area contributed by atoms with E-state index in [1.54, 1.807) is 70.3 Å². The molecule has 0 bridgehead atoms. The molecule has 0 aliphatic heterocycles. The molecule has 0 heterocycles. The van der Waals surface area contributed by atoms with E-state index in [-0.39, 0.29) is 0 Å². The summed E-state index contributed by atoms with van der Waals surface area (Å²) in [4.78, 5) is 0. The van der Waals surface area contributed by atoms with Crippen LogP contribution in [0.25, 0.3) is 0 Å². The van der Waals surface area contributed by atoms with Crippen LogP contribution in [0, 0.1) is 0 Å². The van der Waals surface area contributed by atoms with E-state index in [9.17, 15) is 0 Å². The molecular weight excluding hydrogens is 720 g/mol. The first-order valence-corrected chi connectivity index (χ1v) is 32.7. The van der Waals surface area contributed by atoms with Crippen molar-refractivity contribution in [3.8, 4) is 0 Å². The van der Waals surface area contributed by atoms with Crippen molar-refractivity contribution in [2.75, 3.05) is 0 Å². The third kappa shape index (κ3) is 46.1. The first-order chi connectivity index (χ1) is 28.2. The first-order valence-electron chi connectivity index (χ1n) is 28.2. The Morgan fingerprint density at radius 2 is 0.246 bits per heavy atom. The van der Waals surface area contributed by atoms with E-state index >= 15 is 0 Å². The summed E-state index contributed by atoms with van der Waals surface area (Å²) >= 11 is -1.83. The van der Waals surface area contributed by atoms with Crippen molar-refractivity contribution in [3.05, 3.63) is 0 Å². The maximum absolute atomic E-state index is 2.34. The van der Waals surface area contributed by atoms with Gasteiger partial charge < -0.3 is 0 Å². The molecule has 0 aromatic carbocycles. The minimum Gasteiger partial charge on any atom is -0.0654 e. The van der Waals surface area contributed by atoms with Crippen LogP contribution in [0.15, 0.2) is 0 Å². The predicted molar refractivity (Wildman–Crippen MR) is 264 cm³/mol. The number of rotatable bonds is 52. The average molecular weight is 837 g/mol. The van der Waals surface area contributed by atoms with Crippen molar-refractivity contribution < 1.29 is 16.6 Å². The quantitative estimate of drug-likeness (QED) is 0.0423. The van der Waals surface area contributed by atoms with Crippen LogP contribution >= 0.6 is 0 Å². The van der Waals surface area contributed by atoms with Crippen LogP contribution in [0.4, 0.5) is 0 Å². The predicted octanol–water partition coefficient (Wildman–Crippen LogP) is 22.6. The molecule has 0 N–H and O–H groups in total. The molecule has 0 unspecified atom stereocenters. The molecule has 0 amide bonds. The summed E-state index contributed by atoms with van der Waals surface area (Å²) in [6.45, 7) is 9.36. The van der Waals surface area contributed by atoms with Crippen LogP contribution in [0.1, 0.15) is 336 Å². The molecule has 0 saturated carbocycles. The molecule has 0 aromatic heterocycles. The monoisotopic (exact) mass is 837 g/mol. The molecule has 0 nitrogen and oxygen atoms in total. The van der Waals surface area contributed by atoms with Gasteiger partial charge in [-0.2, -0.15) is 0 Å². The summed E-state index contributed by atoms with van der Waals surface area (Å²) in [5, 5.41) is 0. The Morgan fingerprint density at radius 1 is 0.140 bits per heavy atom. The van der Waals surface area contributed by atoms with Gasteiger partial charge in [0.2, 0.25) is 0 Å². The van der Waals surface area contributed by atoms with E-state index < -0.39 is 16.6 Å². The van der Waals surface area contributed by atoms with Gasteiger partial charge in [-0.15, -0.1) is 0 Å². The second-order valence-corrected chi connectivity index (χ2v) is 27.9. The number of hydrogen-bond donors (Lipinski definition) is 0. The summed E-state index contributed by atoms with van der Waals surface area (Å²) in [5.41, 5.74) is 0. The van der Waals surface area contributed by atoms with Gasteiger partial charge in [0.25, 0.3) is 0 Å². The van der Waals surface area contributed by atoms with Crippen LogP contribution in [0.5, 0.6) is 0 Å². The first kappa shape index (κ1) is 57.7. The molecule has 0 aromatic rings. The van der Waals surface area contributed by atoms with E-state index in [1.165, 1.54) is 257 Å². The Bertz CT molecular complexity index is 567. The van der Waals surface area contributed by atoms with Gasteiger partial charge in [-0.25, -0.2) is 0 Å². The zero-order valence-corrected chi connectivity index (χ0v) is 42.8. The molecule has 57 heavy (non-hydrogen) atoms. The van der Waals surface area contributed by atoms with E-state index in [2.05, 4.69) is 27.7 Å². The van der Waals surface area contributed by atoms with Crippen LogP contribution in [-0.4, -0.2) is 0 Å². The molecule has 0 atom stereocenters. The number of unbranched alkanes of at least 4 members (excludes halogenated alkanes) is 44. The van der Waals surface area contributed by atoms with E-state index in [4.69, 9.17) is 0 Å². The second-order valence-electron chi connectivity index (χ2n) is 20.1. The molecule has 0 aliphatic carbocycles. The fraction of sp³-hybridized carbons (Fsp3) is 1.00. The van der Waals surface area contributed by atoms with E-state index in [0.29, 0.717) is 0 Å².